The molecule has 230 valence electrons. The molecule has 4 atom stereocenters. The van der Waals surface area contributed by atoms with Gasteiger partial charge in [0.2, 0.25) is 11.8 Å². The highest BCUT2D eigenvalue weighted by molar-refractivity contribution is 8.77. The van der Waals surface area contributed by atoms with Crippen molar-refractivity contribution in [3.63, 3.8) is 0 Å². The maximum Gasteiger partial charge on any atom is 0.328 e. The van der Waals surface area contributed by atoms with E-state index < -0.39 is 24.0 Å². The first-order chi connectivity index (χ1) is 18.1. The first-order valence-corrected chi connectivity index (χ1v) is 17.4. The average molecular weight is 633 g/mol. The van der Waals surface area contributed by atoms with Crippen molar-refractivity contribution < 1.29 is 38.5 Å². The monoisotopic (exact) mass is 632 g/mol. The highest BCUT2D eigenvalue weighted by Gasteiger charge is 2.30. The lowest BCUT2D eigenvalue weighted by Gasteiger charge is -2.28. The topological polar surface area (TPSA) is 123 Å². The number of carbonyl (C=O) groups excluding carboxylic acids is 3. The summed E-state index contributed by atoms with van der Waals surface area (Å²) in [5, 5.41) is 8.88. The smallest absolute Gasteiger partial charge is 0.328 e. The number of carboxylic acid groups (broad SMARTS) is 1. The van der Waals surface area contributed by atoms with Crippen molar-refractivity contribution in [2.45, 2.75) is 75.0 Å². The van der Waals surface area contributed by atoms with E-state index in [9.17, 15) is 19.2 Å². The maximum atomic E-state index is 12.1. The Balaban J connectivity index is 0. The fourth-order valence-corrected chi connectivity index (χ4v) is 8.02. The standard InChI is InChI=1S/C13H25NO4S2.C12H23NO4S2/c1-10(12(16)18-5)14(3)11(15)7-8-13(2,9-17-4)20-19-6;1-9(11(15)16)13(3)10(14)6-7-12(2,8-17-4)19-18-5/h10H,7-9H2,1-6H3;9H,6-8H2,1-5H3,(H,15,16)/t10-,13?;9-,12?/m00/s1. The second kappa shape index (κ2) is 21.0. The van der Waals surface area contributed by atoms with Crippen molar-refractivity contribution in [1.82, 2.24) is 9.80 Å². The van der Waals surface area contributed by atoms with E-state index in [-0.39, 0.29) is 21.3 Å². The van der Waals surface area contributed by atoms with Gasteiger partial charge in [-0.2, -0.15) is 0 Å². The number of esters is 1. The molecule has 0 aliphatic rings. The second-order valence-electron chi connectivity index (χ2n) is 9.49. The van der Waals surface area contributed by atoms with Crippen LogP contribution in [0.5, 0.6) is 0 Å². The van der Waals surface area contributed by atoms with E-state index >= 15 is 0 Å². The Labute approximate surface area is 250 Å². The molecule has 0 aromatic rings. The summed E-state index contributed by atoms with van der Waals surface area (Å²) >= 11 is 0. The second-order valence-corrected chi connectivity index (χ2v) is 15.5. The number of likely N-dealkylation sites (N-methyl/N-ethyl adjacent to an activating group) is 2. The summed E-state index contributed by atoms with van der Waals surface area (Å²) in [6, 6.07) is -1.36. The van der Waals surface area contributed by atoms with Crippen molar-refractivity contribution >= 4 is 66.9 Å². The van der Waals surface area contributed by atoms with Crippen molar-refractivity contribution in [1.29, 1.82) is 0 Å². The number of rotatable bonds is 18. The third-order valence-corrected chi connectivity index (χ3v) is 11.2. The van der Waals surface area contributed by atoms with Crippen LogP contribution in [0.15, 0.2) is 0 Å². The number of aliphatic carboxylic acids is 1. The summed E-state index contributed by atoms with van der Waals surface area (Å²) in [4.78, 5) is 49.0. The molecule has 0 aliphatic carbocycles. The molecule has 2 amide bonds. The van der Waals surface area contributed by atoms with Gasteiger partial charge in [0, 0.05) is 50.7 Å². The normalized spacial score (nSPS) is 15.5. The molecule has 2 unspecified atom stereocenters. The number of ether oxygens (including phenoxy) is 3. The Morgan fingerprint density at radius 1 is 0.769 bits per heavy atom. The van der Waals surface area contributed by atoms with Gasteiger partial charge in [0.05, 0.1) is 20.3 Å². The van der Waals surface area contributed by atoms with Gasteiger partial charge in [-0.05, 0) is 53.0 Å². The van der Waals surface area contributed by atoms with Gasteiger partial charge in [-0.25, -0.2) is 9.59 Å². The van der Waals surface area contributed by atoms with Crippen LogP contribution >= 0.6 is 43.2 Å². The molecule has 0 aromatic carbocycles. The van der Waals surface area contributed by atoms with Crippen molar-refractivity contribution in [3.05, 3.63) is 0 Å². The van der Waals surface area contributed by atoms with Gasteiger partial charge in [0.25, 0.3) is 0 Å². The van der Waals surface area contributed by atoms with E-state index in [0.717, 1.165) is 0 Å². The van der Waals surface area contributed by atoms with Gasteiger partial charge in [0.15, 0.2) is 0 Å². The van der Waals surface area contributed by atoms with Crippen LogP contribution in [0, 0.1) is 0 Å². The first kappa shape index (κ1) is 40.3. The molecule has 39 heavy (non-hydrogen) atoms. The molecule has 0 rings (SSSR count). The summed E-state index contributed by atoms with van der Waals surface area (Å²) in [7, 11) is 14.4. The molecule has 0 saturated carbocycles. The summed E-state index contributed by atoms with van der Waals surface area (Å²) in [6.07, 6.45) is 6.04. The van der Waals surface area contributed by atoms with Crippen molar-refractivity contribution in [3.8, 4) is 0 Å². The van der Waals surface area contributed by atoms with Crippen LogP contribution in [-0.2, 0) is 33.4 Å². The van der Waals surface area contributed by atoms with Crippen LogP contribution in [0.25, 0.3) is 0 Å². The zero-order valence-corrected chi connectivity index (χ0v) is 28.5. The van der Waals surface area contributed by atoms with Gasteiger partial charge in [-0.15, -0.1) is 0 Å². The van der Waals surface area contributed by atoms with Crippen LogP contribution < -0.4 is 0 Å². The predicted octanol–water partition coefficient (Wildman–Crippen LogP) is 4.32. The molecule has 0 heterocycles. The number of hydrogen-bond donors (Lipinski definition) is 1. The number of carbonyl (C=O) groups is 4. The minimum absolute atomic E-state index is 0.0630. The lowest BCUT2D eigenvalue weighted by Crippen LogP contribution is -2.41. The molecule has 14 heteroatoms. The highest BCUT2D eigenvalue weighted by Crippen LogP contribution is 2.38. The molecule has 0 aliphatic heterocycles. The molecule has 0 aromatic heterocycles. The van der Waals surface area contributed by atoms with Crippen LogP contribution in [-0.4, -0.2) is 121 Å². The molecule has 0 fully saturated rings. The van der Waals surface area contributed by atoms with Gasteiger partial charge < -0.3 is 29.1 Å². The maximum absolute atomic E-state index is 12.1. The Kier molecular flexibility index (Phi) is 21.7. The van der Waals surface area contributed by atoms with E-state index in [4.69, 9.17) is 14.6 Å². The van der Waals surface area contributed by atoms with E-state index in [0.29, 0.717) is 38.9 Å². The zero-order valence-electron chi connectivity index (χ0n) is 25.2. The number of hydrogen-bond acceptors (Lipinski definition) is 11. The Morgan fingerprint density at radius 3 is 1.41 bits per heavy atom. The number of carboxylic acids is 1. The largest absolute Gasteiger partial charge is 0.480 e. The molecule has 0 bridgehead atoms. The van der Waals surface area contributed by atoms with E-state index in [1.165, 1.54) is 30.9 Å². The molecule has 0 saturated heterocycles. The van der Waals surface area contributed by atoms with Crippen molar-refractivity contribution in [2.24, 2.45) is 0 Å². The molecule has 10 nitrogen and oxygen atoms in total. The average Bonchev–Trinajstić information content (AvgIpc) is 2.89. The van der Waals surface area contributed by atoms with Gasteiger partial charge in [-0.1, -0.05) is 43.2 Å². The lowest BCUT2D eigenvalue weighted by atomic mass is 10.0. The summed E-state index contributed by atoms with van der Waals surface area (Å²) < 4.78 is 14.8. The van der Waals surface area contributed by atoms with Crippen LogP contribution in [0.4, 0.5) is 0 Å². The predicted molar refractivity (Wildman–Crippen MR) is 165 cm³/mol. The van der Waals surface area contributed by atoms with Crippen molar-refractivity contribution in [2.75, 3.05) is 61.2 Å². The molecule has 1 N–H and O–H groups in total. The quantitative estimate of drug-likeness (QED) is 0.171. The first-order valence-electron chi connectivity index (χ1n) is 12.3. The fraction of sp³-hybridized carbons (Fsp3) is 0.840. The number of methoxy groups -OCH3 is 3. The van der Waals surface area contributed by atoms with E-state index in [2.05, 4.69) is 11.7 Å². The minimum Gasteiger partial charge on any atom is -0.480 e. The number of nitrogens with zero attached hydrogens (tertiary/aromatic N) is 2. The minimum atomic E-state index is -0.992. The van der Waals surface area contributed by atoms with Crippen LogP contribution in [0.1, 0.15) is 53.4 Å². The Hall–Kier alpha value is -0.800. The third-order valence-electron chi connectivity index (χ3n) is 6.05. The molecule has 0 spiro atoms. The third kappa shape index (κ3) is 16.3. The number of amides is 2. The Morgan fingerprint density at radius 2 is 1.13 bits per heavy atom. The SMILES string of the molecule is COCC(C)(CCC(=O)N(C)[C@@H](C)C(=O)O)SSC.COCC(C)(CCC(=O)N(C)[C@@H](C)C(=O)OC)SSC. The Bertz CT molecular complexity index is 748. The summed E-state index contributed by atoms with van der Waals surface area (Å²) in [5.74, 6) is -1.61. The zero-order chi connectivity index (χ0) is 30.8. The van der Waals surface area contributed by atoms with E-state index in [1.807, 2.05) is 19.4 Å². The van der Waals surface area contributed by atoms with Crippen LogP contribution in [0.3, 0.4) is 0 Å². The van der Waals surface area contributed by atoms with Gasteiger partial charge in [0.1, 0.15) is 12.1 Å². The highest BCUT2D eigenvalue weighted by atomic mass is 33.1. The summed E-state index contributed by atoms with van der Waals surface area (Å²) in [5.41, 5.74) is 0. The molecule has 0 radical (unpaired) electrons. The van der Waals surface area contributed by atoms with E-state index in [1.54, 1.807) is 71.4 Å². The van der Waals surface area contributed by atoms with Crippen LogP contribution in [0.2, 0.25) is 0 Å². The van der Waals surface area contributed by atoms with Gasteiger partial charge >= 0.3 is 11.9 Å². The van der Waals surface area contributed by atoms with Gasteiger partial charge in [-0.3, -0.25) is 9.59 Å². The molecular formula is C25H48N2O8S4. The molecular weight excluding hydrogens is 585 g/mol. The fourth-order valence-electron chi connectivity index (χ4n) is 3.31. The lowest BCUT2D eigenvalue weighted by molar-refractivity contribution is -0.151. The summed E-state index contributed by atoms with van der Waals surface area (Å²) in [6.45, 7) is 8.44.